The Morgan fingerprint density at radius 3 is 2.68 bits per heavy atom. The average molecular weight is 300 g/mol. The number of ether oxygens (including phenoxy) is 2. The summed E-state index contributed by atoms with van der Waals surface area (Å²) >= 11 is 0. The summed E-state index contributed by atoms with van der Waals surface area (Å²) in [4.78, 5) is 11.4. The zero-order valence-electron chi connectivity index (χ0n) is 13.3. The third-order valence-electron chi connectivity index (χ3n) is 2.50. The monoisotopic (exact) mass is 300 g/mol. The summed E-state index contributed by atoms with van der Waals surface area (Å²) in [7, 11) is 1.51. The van der Waals surface area contributed by atoms with Gasteiger partial charge < -0.3 is 14.8 Å². The third kappa shape index (κ3) is 5.76. The first kappa shape index (κ1) is 17.4. The number of hydrogen-bond acceptors (Lipinski definition) is 4. The van der Waals surface area contributed by atoms with E-state index >= 15 is 0 Å². The Kier molecular flexibility index (Phi) is 6.28. The first-order chi connectivity index (χ1) is 10.4. The molecule has 1 aromatic carbocycles. The number of amides is 1. The number of benzene rings is 1. The molecule has 0 atom stereocenters. The second-order valence-corrected chi connectivity index (χ2v) is 5.48. The lowest BCUT2D eigenvalue weighted by atomic mass is 10.1. The molecule has 0 aliphatic rings. The predicted octanol–water partition coefficient (Wildman–Crippen LogP) is 2.83. The number of nitriles is 1. The lowest BCUT2D eigenvalue weighted by Gasteiger charge is -2.19. The second kappa shape index (κ2) is 7.95. The summed E-state index contributed by atoms with van der Waals surface area (Å²) in [5.74, 6) is 6.34. The van der Waals surface area contributed by atoms with Gasteiger partial charge in [-0.3, -0.25) is 0 Å². The molecule has 0 heterocycles. The predicted molar refractivity (Wildman–Crippen MR) is 83.4 cm³/mol. The molecule has 0 bridgehead atoms. The van der Waals surface area contributed by atoms with E-state index in [-0.39, 0.29) is 0 Å². The first-order valence-corrected chi connectivity index (χ1v) is 6.90. The van der Waals surface area contributed by atoms with Crippen molar-refractivity contribution in [3.63, 3.8) is 0 Å². The highest BCUT2D eigenvalue weighted by Gasteiger charge is 2.15. The molecule has 1 aromatic rings. The quantitative estimate of drug-likeness (QED) is 0.688. The van der Waals surface area contributed by atoms with E-state index in [1.165, 1.54) is 7.11 Å². The van der Waals surface area contributed by atoms with Crippen molar-refractivity contribution in [2.45, 2.75) is 32.8 Å². The summed E-state index contributed by atoms with van der Waals surface area (Å²) in [5.41, 5.74) is 0.509. The van der Waals surface area contributed by atoms with Gasteiger partial charge in [-0.25, -0.2) is 4.79 Å². The molecule has 0 unspecified atom stereocenters. The van der Waals surface area contributed by atoms with Crippen molar-refractivity contribution in [3.8, 4) is 23.7 Å². The van der Waals surface area contributed by atoms with Gasteiger partial charge in [-0.05, 0) is 32.9 Å². The smallest absolute Gasteiger partial charge is 0.407 e. The van der Waals surface area contributed by atoms with Gasteiger partial charge in [0.2, 0.25) is 0 Å². The van der Waals surface area contributed by atoms with E-state index in [1.807, 2.05) is 0 Å². The number of alkyl carbamates (subject to hydrolysis) is 1. The molecule has 1 N–H and O–H groups in total. The van der Waals surface area contributed by atoms with Crippen LogP contribution in [-0.2, 0) is 4.74 Å². The number of rotatable bonds is 3. The Hall–Kier alpha value is -2.66. The van der Waals surface area contributed by atoms with E-state index in [1.54, 1.807) is 39.0 Å². The van der Waals surface area contributed by atoms with Crippen molar-refractivity contribution in [1.29, 1.82) is 5.26 Å². The molecule has 0 radical (unpaired) electrons. The normalized spacial score (nSPS) is 9.95. The van der Waals surface area contributed by atoms with Crippen molar-refractivity contribution in [2.75, 3.05) is 13.7 Å². The summed E-state index contributed by atoms with van der Waals surface area (Å²) < 4.78 is 10.2. The van der Waals surface area contributed by atoms with Crippen LogP contribution in [0.25, 0.3) is 0 Å². The molecule has 0 saturated carbocycles. The maximum atomic E-state index is 11.4. The number of methoxy groups -OCH3 is 1. The van der Waals surface area contributed by atoms with E-state index in [4.69, 9.17) is 14.7 Å². The minimum atomic E-state index is -0.516. The summed E-state index contributed by atoms with van der Waals surface area (Å²) in [6, 6.07) is 7.34. The minimum absolute atomic E-state index is 0.383. The van der Waals surface area contributed by atoms with Crippen LogP contribution in [0.1, 0.15) is 38.3 Å². The molecular weight excluding hydrogens is 280 g/mol. The molecule has 0 aromatic heterocycles. The number of nitrogens with one attached hydrogen (secondary N) is 1. The van der Waals surface area contributed by atoms with Gasteiger partial charge in [0, 0.05) is 18.5 Å². The van der Waals surface area contributed by atoms with E-state index in [2.05, 4.69) is 23.2 Å². The van der Waals surface area contributed by atoms with Crippen molar-refractivity contribution in [2.24, 2.45) is 0 Å². The lowest BCUT2D eigenvalue weighted by Crippen LogP contribution is -2.32. The Morgan fingerprint density at radius 1 is 1.36 bits per heavy atom. The second-order valence-electron chi connectivity index (χ2n) is 5.48. The number of carbonyl (C=O) groups is 1. The van der Waals surface area contributed by atoms with Crippen molar-refractivity contribution < 1.29 is 14.3 Å². The van der Waals surface area contributed by atoms with E-state index in [0.717, 1.165) is 0 Å². The standard InChI is InChI=1S/C17H20N2O3/c1-17(2,3)22-16(20)19-11-6-5-8-13-9-7-10-15(21-4)14(13)12-18/h7,9-10H,6,11H2,1-4H3,(H,19,20). The maximum Gasteiger partial charge on any atom is 0.407 e. The first-order valence-electron chi connectivity index (χ1n) is 6.90. The number of hydrogen-bond donors (Lipinski definition) is 1. The van der Waals surface area contributed by atoms with Crippen LogP contribution in [0.3, 0.4) is 0 Å². The molecule has 1 amide bonds. The van der Waals surface area contributed by atoms with Crippen LogP contribution in [0.15, 0.2) is 18.2 Å². The van der Waals surface area contributed by atoms with Crippen LogP contribution in [0.2, 0.25) is 0 Å². The zero-order chi connectivity index (χ0) is 16.6. The Labute approximate surface area is 131 Å². The van der Waals surface area contributed by atoms with Crippen molar-refractivity contribution in [1.82, 2.24) is 5.32 Å². The average Bonchev–Trinajstić information content (AvgIpc) is 2.44. The van der Waals surface area contributed by atoms with Gasteiger partial charge in [0.1, 0.15) is 23.0 Å². The minimum Gasteiger partial charge on any atom is -0.495 e. The molecule has 116 valence electrons. The highest BCUT2D eigenvalue weighted by atomic mass is 16.6. The zero-order valence-corrected chi connectivity index (χ0v) is 13.3. The largest absolute Gasteiger partial charge is 0.495 e. The molecule has 0 aliphatic carbocycles. The third-order valence-corrected chi connectivity index (χ3v) is 2.50. The van der Waals surface area contributed by atoms with Gasteiger partial charge in [0.25, 0.3) is 0 Å². The number of carbonyl (C=O) groups excluding carboxylic acids is 1. The SMILES string of the molecule is COc1cccc(C#CCCNC(=O)OC(C)(C)C)c1C#N. The molecule has 0 aliphatic heterocycles. The van der Waals surface area contributed by atoms with Gasteiger partial charge >= 0.3 is 6.09 Å². The molecule has 0 fully saturated rings. The summed E-state index contributed by atoms with van der Waals surface area (Å²) in [6.07, 6.45) is -0.00481. The van der Waals surface area contributed by atoms with E-state index in [0.29, 0.717) is 29.8 Å². The van der Waals surface area contributed by atoms with Gasteiger partial charge in [0.15, 0.2) is 0 Å². The topological polar surface area (TPSA) is 71.3 Å². The highest BCUT2D eigenvalue weighted by Crippen LogP contribution is 2.20. The maximum absolute atomic E-state index is 11.4. The van der Waals surface area contributed by atoms with Gasteiger partial charge in [0.05, 0.1) is 7.11 Å². The van der Waals surface area contributed by atoms with Gasteiger partial charge in [-0.2, -0.15) is 5.26 Å². The van der Waals surface area contributed by atoms with Crippen LogP contribution in [0.4, 0.5) is 4.79 Å². The Morgan fingerprint density at radius 2 is 2.09 bits per heavy atom. The molecule has 0 saturated heterocycles. The summed E-state index contributed by atoms with van der Waals surface area (Å²) in [5, 5.41) is 11.8. The fourth-order valence-electron chi connectivity index (χ4n) is 1.62. The molecule has 0 spiro atoms. The van der Waals surface area contributed by atoms with E-state index < -0.39 is 11.7 Å². The van der Waals surface area contributed by atoms with Crippen molar-refractivity contribution in [3.05, 3.63) is 29.3 Å². The van der Waals surface area contributed by atoms with Crippen LogP contribution in [0, 0.1) is 23.2 Å². The fraction of sp³-hybridized carbons (Fsp3) is 0.412. The Balaban J connectivity index is 2.56. The van der Waals surface area contributed by atoms with Crippen LogP contribution in [-0.4, -0.2) is 25.3 Å². The molecule has 22 heavy (non-hydrogen) atoms. The highest BCUT2D eigenvalue weighted by molar-refractivity contribution is 5.67. The molecule has 1 rings (SSSR count). The van der Waals surface area contributed by atoms with Crippen molar-refractivity contribution >= 4 is 6.09 Å². The molecule has 5 heteroatoms. The van der Waals surface area contributed by atoms with Crippen LogP contribution >= 0.6 is 0 Å². The fourth-order valence-corrected chi connectivity index (χ4v) is 1.62. The van der Waals surface area contributed by atoms with Crippen LogP contribution < -0.4 is 10.1 Å². The summed E-state index contributed by atoms with van der Waals surface area (Å²) in [6.45, 7) is 5.80. The molecular formula is C17H20N2O3. The van der Waals surface area contributed by atoms with Gasteiger partial charge in [-0.1, -0.05) is 17.9 Å². The van der Waals surface area contributed by atoms with Crippen LogP contribution in [0.5, 0.6) is 5.75 Å². The van der Waals surface area contributed by atoms with Gasteiger partial charge in [-0.15, -0.1) is 0 Å². The molecule has 5 nitrogen and oxygen atoms in total. The number of nitrogens with zero attached hydrogens (tertiary/aromatic N) is 1. The van der Waals surface area contributed by atoms with E-state index in [9.17, 15) is 4.79 Å². The Bertz CT molecular complexity index is 628. The lowest BCUT2D eigenvalue weighted by molar-refractivity contribution is 0.0529.